The van der Waals surface area contributed by atoms with Crippen molar-refractivity contribution in [2.75, 3.05) is 13.2 Å². The second-order valence-corrected chi connectivity index (χ2v) is 5.63. The molecule has 0 amide bonds. The van der Waals surface area contributed by atoms with Crippen molar-refractivity contribution in [3.8, 4) is 5.75 Å². The normalized spacial score (nSPS) is 15.0. The van der Waals surface area contributed by atoms with Crippen LogP contribution < -0.4 is 4.74 Å². The van der Waals surface area contributed by atoms with Gasteiger partial charge in [-0.1, -0.05) is 26.0 Å². The molecule has 1 aromatic carbocycles. The molecule has 0 spiro atoms. The lowest BCUT2D eigenvalue weighted by atomic mass is 9.97. The summed E-state index contributed by atoms with van der Waals surface area (Å²) in [5.74, 6) is 1.43. The summed E-state index contributed by atoms with van der Waals surface area (Å²) in [7, 11) is 0. The average Bonchev–Trinajstić information content (AvgIpc) is 2.89. The molecule has 1 atom stereocenters. The number of Topliss-reactive ketones (excluding diaryl/α,β-unsaturated/α-hetero) is 1. The van der Waals surface area contributed by atoms with Gasteiger partial charge in [0.15, 0.2) is 5.78 Å². The maximum atomic E-state index is 12.2. The molecule has 1 heterocycles. The van der Waals surface area contributed by atoms with Crippen molar-refractivity contribution < 1.29 is 14.3 Å². The fraction of sp³-hybridized carbons (Fsp3) is 0.588. The van der Waals surface area contributed by atoms with E-state index in [1.165, 1.54) is 11.1 Å². The topological polar surface area (TPSA) is 35.5 Å². The Bertz CT molecular complexity index is 465. The van der Waals surface area contributed by atoms with Gasteiger partial charge in [0.2, 0.25) is 0 Å². The van der Waals surface area contributed by atoms with Gasteiger partial charge in [-0.05, 0) is 36.5 Å². The number of carbonyl (C=O) groups is 1. The Morgan fingerprint density at radius 2 is 2.20 bits per heavy atom. The van der Waals surface area contributed by atoms with Gasteiger partial charge in [-0.3, -0.25) is 4.79 Å². The SMILES string of the molecule is CCOC(C(=O)CCc1ccc2c(c1)CCO2)C(C)C. The standard InChI is InChI=1S/C17H24O3/c1-4-19-17(12(2)3)15(18)7-5-13-6-8-16-14(11-13)9-10-20-16/h6,8,11-12,17H,4-5,7,9-10H2,1-3H3. The predicted octanol–water partition coefficient (Wildman–Crippen LogP) is 3.18. The molecule has 0 bridgehead atoms. The van der Waals surface area contributed by atoms with Crippen LogP contribution in [0.1, 0.15) is 38.3 Å². The molecular weight excluding hydrogens is 252 g/mol. The number of ketones is 1. The van der Waals surface area contributed by atoms with Crippen LogP contribution in [0.4, 0.5) is 0 Å². The van der Waals surface area contributed by atoms with E-state index in [0.717, 1.165) is 25.2 Å². The van der Waals surface area contributed by atoms with Gasteiger partial charge in [0.05, 0.1) is 6.61 Å². The predicted molar refractivity (Wildman–Crippen MR) is 79.2 cm³/mol. The quantitative estimate of drug-likeness (QED) is 0.767. The van der Waals surface area contributed by atoms with Crippen molar-refractivity contribution in [2.45, 2.75) is 46.1 Å². The minimum Gasteiger partial charge on any atom is -0.493 e. The third-order valence-electron chi connectivity index (χ3n) is 3.68. The first-order valence-corrected chi connectivity index (χ1v) is 7.50. The van der Waals surface area contributed by atoms with Crippen molar-refractivity contribution in [1.82, 2.24) is 0 Å². The minimum absolute atomic E-state index is 0.207. The summed E-state index contributed by atoms with van der Waals surface area (Å²) in [5, 5.41) is 0. The third kappa shape index (κ3) is 3.60. The van der Waals surface area contributed by atoms with E-state index >= 15 is 0 Å². The highest BCUT2D eigenvalue weighted by Gasteiger charge is 2.22. The van der Waals surface area contributed by atoms with Gasteiger partial charge in [0.25, 0.3) is 0 Å². The van der Waals surface area contributed by atoms with E-state index in [-0.39, 0.29) is 17.8 Å². The Balaban J connectivity index is 1.92. The maximum Gasteiger partial charge on any atom is 0.162 e. The number of carbonyl (C=O) groups excluding carboxylic acids is 1. The van der Waals surface area contributed by atoms with E-state index in [1.54, 1.807) is 0 Å². The molecule has 0 radical (unpaired) electrons. The van der Waals surface area contributed by atoms with E-state index in [2.05, 4.69) is 12.1 Å². The molecule has 1 aliphatic heterocycles. The van der Waals surface area contributed by atoms with Crippen LogP contribution >= 0.6 is 0 Å². The van der Waals surface area contributed by atoms with Crippen molar-refractivity contribution >= 4 is 5.78 Å². The Kier molecular flexibility index (Phi) is 5.18. The highest BCUT2D eigenvalue weighted by Crippen LogP contribution is 2.26. The second-order valence-electron chi connectivity index (χ2n) is 5.63. The molecule has 0 saturated carbocycles. The molecule has 20 heavy (non-hydrogen) atoms. The van der Waals surface area contributed by atoms with Crippen molar-refractivity contribution in [3.63, 3.8) is 0 Å². The number of ether oxygens (including phenoxy) is 2. The van der Waals surface area contributed by atoms with Crippen LogP contribution in [0.3, 0.4) is 0 Å². The largest absolute Gasteiger partial charge is 0.493 e. The molecule has 2 rings (SSSR count). The van der Waals surface area contributed by atoms with Crippen LogP contribution in [0.2, 0.25) is 0 Å². The average molecular weight is 276 g/mol. The molecule has 0 saturated heterocycles. The zero-order valence-electron chi connectivity index (χ0n) is 12.6. The first kappa shape index (κ1) is 15.0. The van der Waals surface area contributed by atoms with E-state index in [9.17, 15) is 4.79 Å². The Labute approximate surface area is 121 Å². The molecule has 110 valence electrons. The molecule has 3 heteroatoms. The fourth-order valence-electron chi connectivity index (χ4n) is 2.64. The lowest BCUT2D eigenvalue weighted by Gasteiger charge is -2.19. The Hall–Kier alpha value is -1.35. The molecule has 0 fully saturated rings. The number of hydrogen-bond donors (Lipinski definition) is 0. The van der Waals surface area contributed by atoms with Gasteiger partial charge in [-0.25, -0.2) is 0 Å². The molecule has 1 aliphatic rings. The summed E-state index contributed by atoms with van der Waals surface area (Å²) >= 11 is 0. The smallest absolute Gasteiger partial charge is 0.162 e. The van der Waals surface area contributed by atoms with Gasteiger partial charge < -0.3 is 9.47 Å². The van der Waals surface area contributed by atoms with Crippen LogP contribution in [0, 0.1) is 5.92 Å². The number of benzene rings is 1. The molecule has 3 nitrogen and oxygen atoms in total. The first-order chi connectivity index (χ1) is 9.61. The van der Waals surface area contributed by atoms with Crippen LogP contribution in [-0.2, 0) is 22.4 Å². The zero-order valence-corrected chi connectivity index (χ0v) is 12.6. The lowest BCUT2D eigenvalue weighted by molar-refractivity contribution is -0.133. The van der Waals surface area contributed by atoms with Gasteiger partial charge in [-0.15, -0.1) is 0 Å². The summed E-state index contributed by atoms with van der Waals surface area (Å²) in [6.07, 6.45) is 2.04. The Morgan fingerprint density at radius 3 is 2.90 bits per heavy atom. The molecule has 0 N–H and O–H groups in total. The van der Waals surface area contributed by atoms with E-state index < -0.39 is 0 Å². The summed E-state index contributed by atoms with van der Waals surface area (Å²) in [6.45, 7) is 7.36. The van der Waals surface area contributed by atoms with E-state index in [4.69, 9.17) is 9.47 Å². The van der Waals surface area contributed by atoms with Crippen LogP contribution in [0.15, 0.2) is 18.2 Å². The molecular formula is C17H24O3. The second kappa shape index (κ2) is 6.89. The van der Waals surface area contributed by atoms with Crippen LogP contribution in [-0.4, -0.2) is 25.1 Å². The third-order valence-corrected chi connectivity index (χ3v) is 3.68. The fourth-order valence-corrected chi connectivity index (χ4v) is 2.64. The highest BCUT2D eigenvalue weighted by molar-refractivity contribution is 5.83. The first-order valence-electron chi connectivity index (χ1n) is 7.50. The summed E-state index contributed by atoms with van der Waals surface area (Å²) < 4.78 is 11.1. The summed E-state index contributed by atoms with van der Waals surface area (Å²) in [5.41, 5.74) is 2.47. The van der Waals surface area contributed by atoms with Gasteiger partial charge in [-0.2, -0.15) is 0 Å². The number of fused-ring (bicyclic) bond motifs is 1. The summed E-state index contributed by atoms with van der Waals surface area (Å²) in [6, 6.07) is 6.24. The van der Waals surface area contributed by atoms with E-state index in [0.29, 0.717) is 13.0 Å². The minimum atomic E-state index is -0.266. The Morgan fingerprint density at radius 1 is 1.40 bits per heavy atom. The number of rotatable bonds is 7. The van der Waals surface area contributed by atoms with Gasteiger partial charge in [0.1, 0.15) is 11.9 Å². The monoisotopic (exact) mass is 276 g/mol. The number of hydrogen-bond acceptors (Lipinski definition) is 3. The van der Waals surface area contributed by atoms with Crippen molar-refractivity contribution in [1.29, 1.82) is 0 Å². The number of aryl methyl sites for hydroxylation is 1. The molecule has 1 unspecified atom stereocenters. The van der Waals surface area contributed by atoms with Crippen molar-refractivity contribution in [3.05, 3.63) is 29.3 Å². The van der Waals surface area contributed by atoms with Crippen LogP contribution in [0.25, 0.3) is 0 Å². The van der Waals surface area contributed by atoms with Gasteiger partial charge in [0, 0.05) is 19.4 Å². The molecule has 1 aromatic rings. The summed E-state index contributed by atoms with van der Waals surface area (Å²) in [4.78, 5) is 12.2. The van der Waals surface area contributed by atoms with Gasteiger partial charge >= 0.3 is 0 Å². The molecule has 0 aliphatic carbocycles. The zero-order chi connectivity index (χ0) is 14.5. The lowest BCUT2D eigenvalue weighted by Crippen LogP contribution is -2.30. The van der Waals surface area contributed by atoms with Crippen LogP contribution in [0.5, 0.6) is 5.75 Å². The van der Waals surface area contributed by atoms with Crippen molar-refractivity contribution in [2.24, 2.45) is 5.92 Å². The highest BCUT2D eigenvalue weighted by atomic mass is 16.5. The maximum absolute atomic E-state index is 12.2. The van der Waals surface area contributed by atoms with E-state index in [1.807, 2.05) is 26.8 Å². The molecule has 0 aromatic heterocycles.